The SMILES string of the molecule is Cc1cc(=N)c2cccc(C(F)(F)F)c2n1O. The number of hydrogen-bond acceptors (Lipinski definition) is 2. The van der Waals surface area contributed by atoms with Gasteiger partial charge in [-0.25, -0.2) is 0 Å². The molecule has 1 aromatic heterocycles. The van der Waals surface area contributed by atoms with Crippen molar-refractivity contribution in [1.82, 2.24) is 4.73 Å². The second-order valence-electron chi connectivity index (χ2n) is 3.71. The number of fused-ring (bicyclic) bond motifs is 1. The van der Waals surface area contributed by atoms with Crippen LogP contribution >= 0.6 is 0 Å². The number of nitrogens with zero attached hydrogens (tertiary/aromatic N) is 1. The van der Waals surface area contributed by atoms with Crippen molar-refractivity contribution in [3.05, 3.63) is 40.9 Å². The molecule has 0 aliphatic carbocycles. The Hall–Kier alpha value is -1.98. The largest absolute Gasteiger partial charge is 0.428 e. The van der Waals surface area contributed by atoms with Crippen LogP contribution in [0, 0.1) is 12.3 Å². The fraction of sp³-hybridized carbons (Fsp3) is 0.182. The van der Waals surface area contributed by atoms with Crippen LogP contribution in [-0.2, 0) is 6.18 Å². The lowest BCUT2D eigenvalue weighted by Crippen LogP contribution is -2.15. The summed E-state index contributed by atoms with van der Waals surface area (Å²) in [6, 6.07) is 4.79. The van der Waals surface area contributed by atoms with Crippen molar-refractivity contribution in [3.8, 4) is 0 Å². The van der Waals surface area contributed by atoms with E-state index in [1.54, 1.807) is 0 Å². The van der Waals surface area contributed by atoms with Crippen LogP contribution in [0.1, 0.15) is 11.3 Å². The summed E-state index contributed by atoms with van der Waals surface area (Å²) in [5.41, 5.74) is -1.15. The van der Waals surface area contributed by atoms with Crippen LogP contribution in [0.15, 0.2) is 24.3 Å². The first-order valence-electron chi connectivity index (χ1n) is 4.79. The molecule has 0 spiro atoms. The van der Waals surface area contributed by atoms with E-state index in [0.29, 0.717) is 4.73 Å². The highest BCUT2D eigenvalue weighted by Gasteiger charge is 2.34. The minimum absolute atomic E-state index is 0.0473. The number of aromatic nitrogens is 1. The Bertz CT molecular complexity index is 643. The fourth-order valence-electron chi connectivity index (χ4n) is 1.74. The van der Waals surface area contributed by atoms with E-state index in [1.807, 2.05) is 0 Å². The average Bonchev–Trinajstić information content (AvgIpc) is 2.24. The van der Waals surface area contributed by atoms with Crippen LogP contribution in [0.2, 0.25) is 0 Å². The monoisotopic (exact) mass is 242 g/mol. The van der Waals surface area contributed by atoms with Crippen LogP contribution in [0.5, 0.6) is 0 Å². The van der Waals surface area contributed by atoms with Crippen molar-refractivity contribution in [2.45, 2.75) is 13.1 Å². The minimum Gasteiger partial charge on any atom is -0.428 e. The number of para-hydroxylation sites is 1. The van der Waals surface area contributed by atoms with Crippen molar-refractivity contribution in [1.29, 1.82) is 5.41 Å². The van der Waals surface area contributed by atoms with Crippen LogP contribution in [0.25, 0.3) is 10.9 Å². The fourth-order valence-corrected chi connectivity index (χ4v) is 1.74. The van der Waals surface area contributed by atoms with Gasteiger partial charge in [0.1, 0.15) is 5.52 Å². The van der Waals surface area contributed by atoms with E-state index >= 15 is 0 Å². The summed E-state index contributed by atoms with van der Waals surface area (Å²) in [4.78, 5) is 0. The maximum Gasteiger partial charge on any atom is 0.418 e. The van der Waals surface area contributed by atoms with Crippen LogP contribution < -0.4 is 5.36 Å². The summed E-state index contributed by atoms with van der Waals surface area (Å²) >= 11 is 0. The first kappa shape index (κ1) is 11.5. The Morgan fingerprint density at radius 2 is 1.94 bits per heavy atom. The highest BCUT2D eigenvalue weighted by Crippen LogP contribution is 2.33. The van der Waals surface area contributed by atoms with Crippen molar-refractivity contribution >= 4 is 10.9 Å². The Morgan fingerprint density at radius 1 is 1.29 bits per heavy atom. The van der Waals surface area contributed by atoms with E-state index in [9.17, 15) is 18.4 Å². The van der Waals surface area contributed by atoms with E-state index in [2.05, 4.69) is 0 Å². The molecular formula is C11H9F3N2O. The van der Waals surface area contributed by atoms with E-state index in [0.717, 1.165) is 6.07 Å². The summed E-state index contributed by atoms with van der Waals surface area (Å²) in [6.45, 7) is 1.44. The van der Waals surface area contributed by atoms with Crippen molar-refractivity contribution < 1.29 is 18.4 Å². The highest BCUT2D eigenvalue weighted by molar-refractivity contribution is 5.82. The number of halogens is 3. The predicted octanol–water partition coefficient (Wildman–Crippen LogP) is 2.69. The summed E-state index contributed by atoms with van der Waals surface area (Å²) in [6.07, 6.45) is -4.57. The number of hydrogen-bond donors (Lipinski definition) is 2. The summed E-state index contributed by atoms with van der Waals surface area (Å²) < 4.78 is 38.8. The third-order valence-electron chi connectivity index (χ3n) is 2.53. The van der Waals surface area contributed by atoms with E-state index in [4.69, 9.17) is 5.41 Å². The third kappa shape index (κ3) is 1.75. The van der Waals surface area contributed by atoms with Gasteiger partial charge >= 0.3 is 6.18 Å². The zero-order chi connectivity index (χ0) is 12.8. The topological polar surface area (TPSA) is 49.0 Å². The van der Waals surface area contributed by atoms with Gasteiger partial charge < -0.3 is 10.6 Å². The molecule has 2 aromatic rings. The zero-order valence-corrected chi connectivity index (χ0v) is 8.84. The molecule has 6 heteroatoms. The molecule has 0 saturated carbocycles. The Morgan fingerprint density at radius 3 is 2.53 bits per heavy atom. The Labute approximate surface area is 94.2 Å². The van der Waals surface area contributed by atoms with Gasteiger partial charge in [-0.05, 0) is 19.1 Å². The molecule has 0 atom stereocenters. The number of benzene rings is 1. The molecule has 3 nitrogen and oxygen atoms in total. The van der Waals surface area contributed by atoms with Crippen molar-refractivity contribution in [2.24, 2.45) is 0 Å². The summed E-state index contributed by atoms with van der Waals surface area (Å²) in [5, 5.41) is 17.3. The first-order valence-corrected chi connectivity index (χ1v) is 4.79. The van der Waals surface area contributed by atoms with E-state index < -0.39 is 11.7 Å². The first-order chi connectivity index (χ1) is 7.82. The highest BCUT2D eigenvalue weighted by atomic mass is 19.4. The second-order valence-corrected chi connectivity index (χ2v) is 3.71. The van der Waals surface area contributed by atoms with Gasteiger partial charge in [0.2, 0.25) is 0 Å². The number of nitrogens with one attached hydrogen (secondary N) is 1. The maximum absolute atomic E-state index is 12.8. The van der Waals surface area contributed by atoms with Gasteiger partial charge in [0.05, 0.1) is 16.6 Å². The molecular weight excluding hydrogens is 233 g/mol. The number of alkyl halides is 3. The predicted molar refractivity (Wildman–Crippen MR) is 54.7 cm³/mol. The van der Waals surface area contributed by atoms with Crippen molar-refractivity contribution in [3.63, 3.8) is 0 Å². The van der Waals surface area contributed by atoms with Crippen LogP contribution in [-0.4, -0.2) is 9.94 Å². The molecule has 1 heterocycles. The van der Waals surface area contributed by atoms with Gasteiger partial charge in [0.25, 0.3) is 0 Å². The third-order valence-corrected chi connectivity index (χ3v) is 2.53. The number of rotatable bonds is 0. The van der Waals surface area contributed by atoms with Gasteiger partial charge in [-0.3, -0.25) is 0 Å². The molecule has 90 valence electrons. The molecule has 0 fully saturated rings. The Kier molecular flexibility index (Phi) is 2.38. The molecule has 0 saturated heterocycles. The van der Waals surface area contributed by atoms with Gasteiger partial charge in [0, 0.05) is 5.39 Å². The normalized spacial score (nSPS) is 12.0. The summed E-state index contributed by atoms with van der Waals surface area (Å²) in [5.74, 6) is 0. The van der Waals surface area contributed by atoms with Crippen molar-refractivity contribution in [2.75, 3.05) is 0 Å². The van der Waals surface area contributed by atoms with Crippen LogP contribution in [0.3, 0.4) is 0 Å². The standard InChI is InChI=1S/C11H9F3N2O/c1-6-5-9(15)7-3-2-4-8(11(12,13)14)10(7)16(6)17/h2-5,15,17H,1H3. The molecule has 0 amide bonds. The van der Waals surface area contributed by atoms with E-state index in [1.165, 1.54) is 25.1 Å². The minimum atomic E-state index is -4.57. The quantitative estimate of drug-likeness (QED) is 0.685. The lowest BCUT2D eigenvalue weighted by atomic mass is 10.1. The maximum atomic E-state index is 12.8. The zero-order valence-electron chi connectivity index (χ0n) is 8.84. The Balaban J connectivity index is 3.03. The molecule has 2 rings (SSSR count). The van der Waals surface area contributed by atoms with E-state index in [-0.39, 0.29) is 22.0 Å². The second kappa shape index (κ2) is 3.51. The van der Waals surface area contributed by atoms with Crippen LogP contribution in [0.4, 0.5) is 13.2 Å². The lowest BCUT2D eigenvalue weighted by molar-refractivity contribution is -0.136. The van der Waals surface area contributed by atoms with Gasteiger partial charge in [0.15, 0.2) is 0 Å². The number of pyridine rings is 1. The molecule has 1 aromatic carbocycles. The molecule has 17 heavy (non-hydrogen) atoms. The summed E-state index contributed by atoms with van der Waals surface area (Å²) in [7, 11) is 0. The average molecular weight is 242 g/mol. The lowest BCUT2D eigenvalue weighted by Gasteiger charge is -2.14. The molecule has 0 bridgehead atoms. The van der Waals surface area contributed by atoms with Gasteiger partial charge in [-0.1, -0.05) is 12.1 Å². The molecule has 0 aliphatic rings. The molecule has 0 unspecified atom stereocenters. The molecule has 2 N–H and O–H groups in total. The smallest absolute Gasteiger partial charge is 0.418 e. The number of aryl methyl sites for hydroxylation is 1. The molecule has 0 aliphatic heterocycles. The van der Waals surface area contributed by atoms with Gasteiger partial charge in [-0.15, -0.1) is 0 Å². The molecule has 0 radical (unpaired) electrons. The van der Waals surface area contributed by atoms with Gasteiger partial charge in [-0.2, -0.15) is 17.9 Å².